The molecule has 2 rings (SSSR count). The number of aromatic nitrogens is 2. The fraction of sp³-hybridized carbons (Fsp3) is 0.467. The number of nitrogens with zero attached hydrogens (tertiary/aromatic N) is 2. The standard InChI is InChI=1S/C15H21N3OS2/c1-10-4-5-11(2)12(8-10)9-21-15-18-17-14(19-15)13(16)6-7-20-3/h4-5,8,13H,6-7,9,16H2,1-3H3/t13-/m0/s1. The Kier molecular flexibility index (Phi) is 6.14. The lowest BCUT2D eigenvalue weighted by molar-refractivity contribution is 0.383. The Hall–Kier alpha value is -0.980. The van der Waals surface area contributed by atoms with Crippen LogP contribution < -0.4 is 5.73 Å². The fourth-order valence-corrected chi connectivity index (χ4v) is 3.21. The van der Waals surface area contributed by atoms with Gasteiger partial charge in [-0.05, 0) is 43.4 Å². The van der Waals surface area contributed by atoms with E-state index in [-0.39, 0.29) is 6.04 Å². The van der Waals surface area contributed by atoms with Gasteiger partial charge in [-0.15, -0.1) is 10.2 Å². The van der Waals surface area contributed by atoms with E-state index in [1.165, 1.54) is 16.7 Å². The molecule has 1 aromatic heterocycles. The van der Waals surface area contributed by atoms with Gasteiger partial charge in [0.05, 0.1) is 6.04 Å². The van der Waals surface area contributed by atoms with Crippen molar-refractivity contribution in [2.75, 3.05) is 12.0 Å². The Balaban J connectivity index is 1.95. The van der Waals surface area contributed by atoms with Gasteiger partial charge in [0.1, 0.15) is 0 Å². The minimum absolute atomic E-state index is 0.167. The molecule has 1 atom stereocenters. The van der Waals surface area contributed by atoms with E-state index in [9.17, 15) is 0 Å². The molecule has 0 aliphatic heterocycles. The third kappa shape index (κ3) is 4.76. The Labute approximate surface area is 134 Å². The maximum atomic E-state index is 6.03. The number of aryl methyl sites for hydroxylation is 2. The number of hydrogen-bond donors (Lipinski definition) is 1. The number of nitrogens with two attached hydrogens (primary N) is 1. The fourth-order valence-electron chi connectivity index (χ4n) is 1.89. The zero-order valence-corrected chi connectivity index (χ0v) is 14.3. The largest absolute Gasteiger partial charge is 0.414 e. The van der Waals surface area contributed by atoms with Crippen LogP contribution in [0, 0.1) is 13.8 Å². The van der Waals surface area contributed by atoms with Gasteiger partial charge in [0.25, 0.3) is 5.22 Å². The number of hydrogen-bond acceptors (Lipinski definition) is 6. The molecule has 2 aromatic rings. The molecule has 0 fully saturated rings. The molecule has 1 heterocycles. The molecule has 21 heavy (non-hydrogen) atoms. The molecule has 2 N–H and O–H groups in total. The van der Waals surface area contributed by atoms with Crippen LogP contribution in [-0.4, -0.2) is 22.2 Å². The minimum atomic E-state index is -0.167. The van der Waals surface area contributed by atoms with Crippen molar-refractivity contribution in [1.29, 1.82) is 0 Å². The van der Waals surface area contributed by atoms with Crippen molar-refractivity contribution in [3.05, 3.63) is 40.8 Å². The first-order chi connectivity index (χ1) is 10.1. The molecule has 0 spiro atoms. The molecule has 0 amide bonds. The van der Waals surface area contributed by atoms with Crippen LogP contribution in [0.25, 0.3) is 0 Å². The first kappa shape index (κ1) is 16.4. The molecule has 1 aromatic carbocycles. The number of thioether (sulfide) groups is 2. The maximum absolute atomic E-state index is 6.03. The van der Waals surface area contributed by atoms with E-state index in [0.29, 0.717) is 11.1 Å². The monoisotopic (exact) mass is 323 g/mol. The minimum Gasteiger partial charge on any atom is -0.414 e. The Morgan fingerprint density at radius 3 is 2.86 bits per heavy atom. The molecule has 0 aliphatic carbocycles. The van der Waals surface area contributed by atoms with Gasteiger partial charge in [0.15, 0.2) is 0 Å². The van der Waals surface area contributed by atoms with Crippen LogP contribution in [0.15, 0.2) is 27.8 Å². The summed E-state index contributed by atoms with van der Waals surface area (Å²) < 4.78 is 5.64. The van der Waals surface area contributed by atoms with Gasteiger partial charge in [-0.1, -0.05) is 35.5 Å². The SMILES string of the molecule is CSCC[C@H](N)c1nnc(SCc2cc(C)ccc2C)o1. The van der Waals surface area contributed by atoms with Crippen molar-refractivity contribution < 1.29 is 4.42 Å². The second kappa shape index (κ2) is 7.87. The van der Waals surface area contributed by atoms with Crippen molar-refractivity contribution >= 4 is 23.5 Å². The van der Waals surface area contributed by atoms with Crippen molar-refractivity contribution in [3.8, 4) is 0 Å². The highest BCUT2D eigenvalue weighted by molar-refractivity contribution is 7.98. The molecular formula is C15H21N3OS2. The molecule has 114 valence electrons. The summed E-state index contributed by atoms with van der Waals surface area (Å²) in [7, 11) is 0. The lowest BCUT2D eigenvalue weighted by Crippen LogP contribution is -2.11. The highest BCUT2D eigenvalue weighted by Gasteiger charge is 2.14. The summed E-state index contributed by atoms with van der Waals surface area (Å²) in [6, 6.07) is 6.30. The molecule has 4 nitrogen and oxygen atoms in total. The van der Waals surface area contributed by atoms with Gasteiger partial charge in [0, 0.05) is 5.75 Å². The first-order valence-corrected chi connectivity index (χ1v) is 9.25. The van der Waals surface area contributed by atoms with E-state index in [2.05, 4.69) is 48.5 Å². The third-order valence-corrected chi connectivity index (χ3v) is 4.74. The summed E-state index contributed by atoms with van der Waals surface area (Å²) >= 11 is 3.32. The average molecular weight is 323 g/mol. The van der Waals surface area contributed by atoms with Crippen molar-refractivity contribution in [2.24, 2.45) is 5.73 Å². The van der Waals surface area contributed by atoms with Gasteiger partial charge < -0.3 is 10.2 Å². The zero-order valence-electron chi connectivity index (χ0n) is 12.6. The van der Waals surface area contributed by atoms with Crippen molar-refractivity contribution in [2.45, 2.75) is 37.3 Å². The second-order valence-electron chi connectivity index (χ2n) is 5.01. The van der Waals surface area contributed by atoms with Crippen molar-refractivity contribution in [1.82, 2.24) is 10.2 Å². The summed E-state index contributed by atoms with van der Waals surface area (Å²) in [6.45, 7) is 4.22. The van der Waals surface area contributed by atoms with Crippen LogP contribution >= 0.6 is 23.5 Å². The molecule has 0 bridgehead atoms. The quantitative estimate of drug-likeness (QED) is 0.783. The van der Waals surface area contributed by atoms with Crippen LogP contribution in [0.3, 0.4) is 0 Å². The van der Waals surface area contributed by atoms with E-state index in [1.54, 1.807) is 23.5 Å². The molecule has 0 radical (unpaired) electrons. The zero-order chi connectivity index (χ0) is 15.2. The van der Waals surface area contributed by atoms with E-state index in [0.717, 1.165) is 17.9 Å². The maximum Gasteiger partial charge on any atom is 0.276 e. The Morgan fingerprint density at radius 2 is 2.10 bits per heavy atom. The van der Waals surface area contributed by atoms with Gasteiger partial charge in [-0.25, -0.2) is 0 Å². The van der Waals surface area contributed by atoms with Gasteiger partial charge in [0.2, 0.25) is 5.89 Å². The predicted molar refractivity (Wildman–Crippen MR) is 89.7 cm³/mol. The molecule has 0 saturated carbocycles. The van der Waals surface area contributed by atoms with E-state index in [4.69, 9.17) is 10.2 Å². The van der Waals surface area contributed by atoms with Crippen LogP contribution in [-0.2, 0) is 5.75 Å². The summed E-state index contributed by atoms with van der Waals surface area (Å²) in [5.74, 6) is 2.36. The first-order valence-electron chi connectivity index (χ1n) is 6.87. The van der Waals surface area contributed by atoms with Crippen LogP contribution in [0.2, 0.25) is 0 Å². The van der Waals surface area contributed by atoms with Crippen molar-refractivity contribution in [3.63, 3.8) is 0 Å². The molecular weight excluding hydrogens is 302 g/mol. The van der Waals surface area contributed by atoms with Gasteiger partial charge in [-0.2, -0.15) is 11.8 Å². The van der Waals surface area contributed by atoms with Crippen LogP contribution in [0.1, 0.15) is 35.0 Å². The van der Waals surface area contributed by atoms with E-state index >= 15 is 0 Å². The highest BCUT2D eigenvalue weighted by Crippen LogP contribution is 2.25. The lowest BCUT2D eigenvalue weighted by atomic mass is 10.1. The highest BCUT2D eigenvalue weighted by atomic mass is 32.2. The normalized spacial score (nSPS) is 12.6. The van der Waals surface area contributed by atoms with E-state index in [1.807, 2.05) is 0 Å². The lowest BCUT2D eigenvalue weighted by Gasteiger charge is -2.05. The average Bonchev–Trinajstić information content (AvgIpc) is 2.94. The molecule has 6 heteroatoms. The van der Waals surface area contributed by atoms with Gasteiger partial charge in [-0.3, -0.25) is 0 Å². The Morgan fingerprint density at radius 1 is 1.29 bits per heavy atom. The van der Waals surface area contributed by atoms with Gasteiger partial charge >= 0.3 is 0 Å². The third-order valence-electron chi connectivity index (χ3n) is 3.23. The van der Waals surface area contributed by atoms with Crippen LogP contribution in [0.4, 0.5) is 0 Å². The Bertz CT molecular complexity index is 586. The number of rotatable bonds is 7. The van der Waals surface area contributed by atoms with Crippen LogP contribution in [0.5, 0.6) is 0 Å². The summed E-state index contributed by atoms with van der Waals surface area (Å²) in [4.78, 5) is 0. The molecule has 0 saturated heterocycles. The van der Waals surface area contributed by atoms with E-state index < -0.39 is 0 Å². The topological polar surface area (TPSA) is 64.9 Å². The summed E-state index contributed by atoms with van der Waals surface area (Å²) in [5, 5.41) is 8.71. The second-order valence-corrected chi connectivity index (χ2v) is 6.92. The number of benzene rings is 1. The molecule has 0 aliphatic rings. The predicted octanol–water partition coefficient (Wildman–Crippen LogP) is 3.73. The molecule has 0 unspecified atom stereocenters. The summed E-state index contributed by atoms with van der Waals surface area (Å²) in [5.41, 5.74) is 9.87. The summed E-state index contributed by atoms with van der Waals surface area (Å²) in [6.07, 6.45) is 2.91. The smallest absolute Gasteiger partial charge is 0.276 e.